The van der Waals surface area contributed by atoms with Crippen LogP contribution < -0.4 is 72.8 Å². The van der Waals surface area contributed by atoms with Gasteiger partial charge < -0.3 is 86.6 Å². The number of thioether (sulfide) groups is 2. The summed E-state index contributed by atoms with van der Waals surface area (Å²) in [4.78, 5) is 101. The summed E-state index contributed by atoms with van der Waals surface area (Å²) < 4.78 is 89.8. The predicted octanol–water partition coefficient (Wildman–Crippen LogP) is 10.6. The number of hydrogen-bond donors (Lipinski definition) is 5. The number of methoxy groups -OCH3 is 4. The van der Waals surface area contributed by atoms with Gasteiger partial charge in [0.05, 0.1) is 87.3 Å². The van der Waals surface area contributed by atoms with E-state index in [4.69, 9.17) is 71.1 Å². The van der Waals surface area contributed by atoms with Gasteiger partial charge in [0.1, 0.15) is 42.4 Å². The van der Waals surface area contributed by atoms with Crippen molar-refractivity contribution in [1.82, 2.24) is 30.7 Å². The van der Waals surface area contributed by atoms with Crippen molar-refractivity contribution in [3.8, 4) is 92.6 Å². The smallest absolute Gasteiger partial charge is 0.411 e. The molecule has 14 aliphatic rings. The number of rotatable bonds is 8. The Morgan fingerprint density at radius 1 is 0.528 bits per heavy atom. The Labute approximate surface area is 719 Å². The molecule has 1 amide bonds. The number of benzene rings is 6. The number of nitrogens with one attached hydrogen (secondary N) is 3. The van der Waals surface area contributed by atoms with Crippen LogP contribution in [-0.2, 0) is 79.7 Å². The van der Waals surface area contributed by atoms with E-state index in [1.807, 2.05) is 37.8 Å². The van der Waals surface area contributed by atoms with Crippen LogP contribution in [0.3, 0.4) is 0 Å². The number of phenolic OH excluding ortho intramolecular Hbond substituents is 2. The third-order valence-corrected chi connectivity index (χ3v) is 28.1. The van der Waals surface area contributed by atoms with Crippen molar-refractivity contribution in [2.45, 2.75) is 204 Å². The van der Waals surface area contributed by atoms with Crippen LogP contribution in [0.1, 0.15) is 187 Å². The van der Waals surface area contributed by atoms with Gasteiger partial charge in [-0.25, -0.2) is 14.4 Å². The minimum Gasteiger partial charge on any atom is -0.504 e. The SMILES string of the molecule is C.C.COc1cc2c(cc1OC(C)=O)CCN[C@]21CS[C@@H]2c3c(OC(C)=O)c(C)c4c(c3[C@H](COC1=O)N1C2[C@@H]2N[C@@H](Cc3cc(C)c(OC)c(O)c32)[C@@H]1C#N)OCO4.COc1cc2c(cc1OC(C)=O)CCN[C@]21CS[C@@H]2c3c(OC(C)=O)c(C)c4c(c3[C@H](COC1=O)N1C2[C@H]2c3c(cc(C)c(OC)c3O)C[C@@H]([C@@H]1C#N)N2C(=O)OC(C)(C)C)OCO4. The van der Waals surface area contributed by atoms with E-state index in [1.165, 1.54) is 79.7 Å². The lowest BCUT2D eigenvalue weighted by Gasteiger charge is -2.62. The minimum absolute atomic E-state index is 0. The molecular weight excluding hydrogens is 1630 g/mol. The first kappa shape index (κ1) is 86.8. The number of hydrogen-bond acceptors (Lipinski definition) is 33. The first-order valence-corrected chi connectivity index (χ1v) is 42.0. The fourth-order valence-corrected chi connectivity index (χ4v) is 24.1. The average molecular weight is 1730 g/mol. The number of nitrogens with zero attached hydrogens (tertiary/aromatic N) is 5. The molecule has 34 heteroatoms. The molecule has 0 radical (unpaired) electrons. The molecule has 2 spiro atoms. The van der Waals surface area contributed by atoms with Gasteiger partial charge in [-0.1, -0.05) is 27.0 Å². The average Bonchev–Trinajstić information content (AvgIpc) is 0.697. The monoisotopic (exact) mass is 1730 g/mol. The number of piperazine rings is 2. The van der Waals surface area contributed by atoms with Gasteiger partial charge >= 0.3 is 41.9 Å². The number of ether oxygens (including phenoxy) is 15. The molecule has 6 aromatic carbocycles. The highest BCUT2D eigenvalue weighted by Gasteiger charge is 2.66. The molecule has 2 unspecified atom stereocenters. The number of aryl methyl sites for hydroxylation is 2. The van der Waals surface area contributed by atoms with Gasteiger partial charge in [0.15, 0.2) is 80.1 Å². The molecule has 5 N–H and O–H groups in total. The number of carbonyl (C=O) groups is 7. The molecule has 14 heterocycles. The third kappa shape index (κ3) is 13.7. The highest BCUT2D eigenvalue weighted by atomic mass is 32.2. The fourth-order valence-electron chi connectivity index (χ4n) is 20.7. The normalized spacial score (nSPS) is 26.6. The van der Waals surface area contributed by atoms with E-state index < -0.39 is 123 Å². The number of aromatic hydroxyl groups is 2. The van der Waals surface area contributed by atoms with Crippen molar-refractivity contribution in [2.75, 3.05) is 79.8 Å². The van der Waals surface area contributed by atoms with E-state index in [0.717, 1.165) is 27.8 Å². The third-order valence-electron chi connectivity index (χ3n) is 25.1. The van der Waals surface area contributed by atoms with E-state index in [2.05, 4.69) is 33.0 Å². The lowest BCUT2D eigenvalue weighted by molar-refractivity contribution is -0.157. The van der Waals surface area contributed by atoms with Gasteiger partial charge in [0.2, 0.25) is 13.6 Å². The van der Waals surface area contributed by atoms with Crippen LogP contribution in [0.2, 0.25) is 0 Å². The first-order chi connectivity index (χ1) is 57.9. The largest absolute Gasteiger partial charge is 0.504 e. The second-order valence-electron chi connectivity index (χ2n) is 33.1. The molecule has 123 heavy (non-hydrogen) atoms. The van der Waals surface area contributed by atoms with Gasteiger partial charge in [-0.2, -0.15) is 10.5 Å². The summed E-state index contributed by atoms with van der Waals surface area (Å²) in [5, 5.41) is 56.1. The summed E-state index contributed by atoms with van der Waals surface area (Å²) in [5.41, 5.74) is 6.39. The number of fused-ring (bicyclic) bond motifs is 18. The summed E-state index contributed by atoms with van der Waals surface area (Å²) in [6.07, 6.45) is 0.954. The molecule has 6 aromatic rings. The molecule has 0 saturated carbocycles. The molecule has 8 bridgehead atoms. The van der Waals surface area contributed by atoms with E-state index >= 15 is 4.79 Å². The van der Waals surface area contributed by atoms with Crippen molar-refractivity contribution in [2.24, 2.45) is 0 Å². The zero-order chi connectivity index (χ0) is 85.8. The van der Waals surface area contributed by atoms with Crippen molar-refractivity contribution in [1.29, 1.82) is 10.5 Å². The predicted molar refractivity (Wildman–Crippen MR) is 444 cm³/mol. The summed E-state index contributed by atoms with van der Waals surface area (Å²) in [6, 6.07) is 8.27. The van der Waals surface area contributed by atoms with Crippen LogP contribution in [-0.4, -0.2) is 189 Å². The maximum atomic E-state index is 15.1. The van der Waals surface area contributed by atoms with Gasteiger partial charge in [-0.3, -0.25) is 44.5 Å². The van der Waals surface area contributed by atoms with E-state index in [0.29, 0.717) is 128 Å². The summed E-state index contributed by atoms with van der Waals surface area (Å²) in [5.74, 6) is 0.304. The van der Waals surface area contributed by atoms with Gasteiger partial charge in [-0.15, -0.1) is 23.5 Å². The summed E-state index contributed by atoms with van der Waals surface area (Å²) in [7, 11) is 5.89. The Balaban J connectivity index is 0.000000189. The van der Waals surface area contributed by atoms with Crippen LogP contribution in [0.15, 0.2) is 36.4 Å². The maximum absolute atomic E-state index is 15.1. The standard InChI is InChI=1S/C46H50N4O13S.C41H42N4O11S.2CH4/c1-20-12-25-13-27-28(16-47)49-29-17-58-43(54)46(26-15-30(56-8)31(61-22(3)51)14-24(26)10-11-48-46)18-64-42(34-33(29)41-40(59-19-60-41)21(2)39(34)62-23(4)52)36(49)35(32(25)37(53)38(20)57-9)50(27)44(55)63-45(5,6)7;1-17-9-22-10-24-25(13-42)45-26-14-52-40(49)41(23-12-27(50-5)28(55-19(3)46)11-21(23)7-8-43-41)15-57-39(33(45)32(44-24)29(22)34(48)35(17)51-6)31-30(26)38-37(53-16-54-38)18(2)36(31)56-20(4)47;;/h12,14-15,27-29,35-36,42,48,53H,10-11,13,17-19H2,1-9H3;9,11-12,24-26,32-33,39,43-44,48H,7-8,10,14-16H2,1-6H3;2*1H4/t27-,28-,29-,35+,36?,42+,46+;24-,25-,26-,32+,33?,39+,41+;;/m00../s1. The quantitative estimate of drug-likeness (QED) is 0.0537. The van der Waals surface area contributed by atoms with Crippen LogP contribution in [0.5, 0.6) is 80.5 Å². The fraction of sp³-hybridized carbons (Fsp3) is 0.494. The number of esters is 6. The van der Waals surface area contributed by atoms with Gasteiger partial charge in [0.25, 0.3) is 0 Å². The maximum Gasteiger partial charge on any atom is 0.411 e. The van der Waals surface area contributed by atoms with Crippen LogP contribution in [0.4, 0.5) is 4.79 Å². The van der Waals surface area contributed by atoms with Gasteiger partial charge in [0, 0.05) is 109 Å². The second kappa shape index (κ2) is 32.5. The number of nitriles is 2. The van der Waals surface area contributed by atoms with Crippen LogP contribution in [0.25, 0.3) is 0 Å². The lowest BCUT2D eigenvalue weighted by Crippen LogP contribution is -2.71. The van der Waals surface area contributed by atoms with Crippen molar-refractivity contribution in [3.05, 3.63) is 125 Å². The molecular formula is C89H100N8O24S2. The molecule has 14 aliphatic heterocycles. The molecule has 14 atom stereocenters. The number of amides is 1. The van der Waals surface area contributed by atoms with Crippen molar-refractivity contribution in [3.63, 3.8) is 0 Å². The Hall–Kier alpha value is -11.1. The number of phenols is 2. The first-order valence-electron chi connectivity index (χ1n) is 39.9. The van der Waals surface area contributed by atoms with Crippen LogP contribution >= 0.6 is 23.5 Å². The van der Waals surface area contributed by atoms with Crippen molar-refractivity contribution < 1.29 is 115 Å². The minimum atomic E-state index is -1.51. The second-order valence-corrected chi connectivity index (χ2v) is 35.4. The summed E-state index contributed by atoms with van der Waals surface area (Å²) >= 11 is 2.79. The van der Waals surface area contributed by atoms with Crippen molar-refractivity contribution >= 4 is 65.4 Å². The highest BCUT2D eigenvalue weighted by Crippen LogP contribution is 2.68. The Kier molecular flexibility index (Phi) is 23.0. The lowest BCUT2D eigenvalue weighted by atomic mass is 9.71. The Bertz CT molecular complexity index is 5550. The summed E-state index contributed by atoms with van der Waals surface area (Å²) in [6.45, 7) is 17.8. The zero-order valence-electron chi connectivity index (χ0n) is 69.3. The molecule has 4 saturated heterocycles. The van der Waals surface area contributed by atoms with E-state index in [-0.39, 0.29) is 112 Å². The molecule has 0 aliphatic carbocycles. The Morgan fingerprint density at radius 3 is 1.41 bits per heavy atom. The molecule has 0 aromatic heterocycles. The van der Waals surface area contributed by atoms with E-state index in [9.17, 15) is 49.5 Å². The van der Waals surface area contributed by atoms with Gasteiger partial charge in [-0.05, 0) is 143 Å². The molecule has 4 fully saturated rings. The van der Waals surface area contributed by atoms with E-state index in [1.54, 1.807) is 56.9 Å². The molecule has 32 nitrogen and oxygen atoms in total. The topological polar surface area (TPSA) is 392 Å². The zero-order valence-corrected chi connectivity index (χ0v) is 70.9. The Morgan fingerprint density at radius 2 is 0.967 bits per heavy atom. The van der Waals surface area contributed by atoms with Crippen LogP contribution in [0, 0.1) is 50.4 Å². The molecule has 20 rings (SSSR count). The number of carbonyl (C=O) groups excluding carboxylic acids is 7. The highest BCUT2D eigenvalue weighted by molar-refractivity contribution is 7.99. The molecule has 652 valence electrons.